The van der Waals surface area contributed by atoms with Gasteiger partial charge in [-0.05, 0) is 85.1 Å². The number of nitrogens with one attached hydrogen (secondary N) is 3. The largest absolute Gasteiger partial charge is 0.464 e. The molecule has 2 aliphatic rings. The molecule has 0 spiro atoms. The van der Waals surface area contributed by atoms with Crippen molar-refractivity contribution in [2.75, 3.05) is 80.0 Å². The lowest BCUT2D eigenvalue weighted by Gasteiger charge is -2.43. The van der Waals surface area contributed by atoms with E-state index in [-0.39, 0.29) is 36.1 Å². The van der Waals surface area contributed by atoms with E-state index in [0.717, 1.165) is 76.8 Å². The van der Waals surface area contributed by atoms with Gasteiger partial charge in [0.1, 0.15) is 6.61 Å². The molecule has 10 heteroatoms. The quantitative estimate of drug-likeness (QED) is 0.0812. The smallest absolute Gasteiger partial charge is 0.332 e. The van der Waals surface area contributed by atoms with Crippen LogP contribution in [-0.4, -0.2) is 114 Å². The number of esters is 1. The molecule has 1 unspecified atom stereocenters. The van der Waals surface area contributed by atoms with Crippen LogP contribution in [0.2, 0.25) is 0 Å². The lowest BCUT2D eigenvalue weighted by molar-refractivity contribution is -0.148. The van der Waals surface area contributed by atoms with Crippen molar-refractivity contribution >= 4 is 11.9 Å². The van der Waals surface area contributed by atoms with Crippen molar-refractivity contribution < 1.29 is 28.5 Å². The van der Waals surface area contributed by atoms with Crippen molar-refractivity contribution in [3.63, 3.8) is 0 Å². The first kappa shape index (κ1) is 39.8. The van der Waals surface area contributed by atoms with Gasteiger partial charge in [0.15, 0.2) is 0 Å². The minimum Gasteiger partial charge on any atom is -0.464 e. The number of rotatable bonds is 24. The molecule has 1 aliphatic carbocycles. The van der Waals surface area contributed by atoms with Gasteiger partial charge in [0.25, 0.3) is 0 Å². The van der Waals surface area contributed by atoms with E-state index >= 15 is 0 Å². The van der Waals surface area contributed by atoms with Gasteiger partial charge in [-0.3, -0.25) is 4.79 Å². The van der Waals surface area contributed by atoms with E-state index in [1.165, 1.54) is 5.57 Å². The molecular formula is C36H62N4O6. The lowest BCUT2D eigenvalue weighted by atomic mass is 9.85. The standard InChI is InChI=1S/C36H62N4O6/c1-6-31(15-10-13-24-43-22-11-8-9-12-23-44-25-26-45-28-34(41)46-7-2)30(3)38-35(42)32-16-14-17-33(27-32)39-36(29-37-4)18-20-40(5)21-19-36/h10,13-17,30,33,37,39H,6-9,11-12,18-29H2,1-5H3,(H,38,42)/b13-10-,31-15+/t30-,33?/m1/s1. The zero-order valence-corrected chi connectivity index (χ0v) is 29.2. The highest BCUT2D eigenvalue weighted by Crippen LogP contribution is 2.25. The fraction of sp³-hybridized carbons (Fsp3) is 0.722. The van der Waals surface area contributed by atoms with Crippen LogP contribution >= 0.6 is 0 Å². The lowest BCUT2D eigenvalue weighted by Crippen LogP contribution is -2.60. The summed E-state index contributed by atoms with van der Waals surface area (Å²) < 4.78 is 21.3. The third kappa shape index (κ3) is 16.5. The van der Waals surface area contributed by atoms with Crippen LogP contribution in [0.5, 0.6) is 0 Å². The molecule has 2 atom stereocenters. The Labute approximate surface area is 278 Å². The summed E-state index contributed by atoms with van der Waals surface area (Å²) in [5, 5.41) is 10.5. The van der Waals surface area contributed by atoms with Gasteiger partial charge in [0.05, 0.1) is 26.4 Å². The van der Waals surface area contributed by atoms with Gasteiger partial charge in [-0.25, -0.2) is 4.79 Å². The van der Waals surface area contributed by atoms with Gasteiger partial charge in [0.2, 0.25) is 5.91 Å². The third-order valence-corrected chi connectivity index (χ3v) is 8.52. The normalized spacial score (nSPS) is 19.3. The van der Waals surface area contributed by atoms with Crippen molar-refractivity contribution in [2.24, 2.45) is 0 Å². The Hall–Kier alpha value is -2.34. The maximum Gasteiger partial charge on any atom is 0.332 e. The number of likely N-dealkylation sites (N-methyl/N-ethyl adjacent to an activating group) is 1. The van der Waals surface area contributed by atoms with Crippen LogP contribution in [-0.2, 0) is 28.5 Å². The van der Waals surface area contributed by atoms with Crippen molar-refractivity contribution in [3.05, 3.63) is 47.6 Å². The van der Waals surface area contributed by atoms with E-state index < -0.39 is 0 Å². The number of amides is 1. The van der Waals surface area contributed by atoms with E-state index in [4.69, 9.17) is 18.9 Å². The molecule has 1 heterocycles. The SMILES string of the molecule is CCOC(=O)COCCOCCCCCCOC/C=C\C=C(/CC)[C@@H](C)NC(=O)C1=CC=CC(NC2(CNC)CCN(C)CC2)C1. The van der Waals surface area contributed by atoms with E-state index in [0.29, 0.717) is 39.5 Å². The van der Waals surface area contributed by atoms with Gasteiger partial charge in [-0.2, -0.15) is 0 Å². The Kier molecular flexibility index (Phi) is 20.7. The molecule has 1 amide bonds. The highest BCUT2D eigenvalue weighted by Gasteiger charge is 2.35. The second-order valence-electron chi connectivity index (χ2n) is 12.3. The summed E-state index contributed by atoms with van der Waals surface area (Å²) in [5.41, 5.74) is 2.06. The zero-order valence-electron chi connectivity index (χ0n) is 29.2. The van der Waals surface area contributed by atoms with Crippen molar-refractivity contribution in [3.8, 4) is 0 Å². The number of ether oxygens (including phenoxy) is 4. The highest BCUT2D eigenvalue weighted by atomic mass is 16.6. The number of unbranched alkanes of at least 4 members (excludes halogenated alkanes) is 3. The summed E-state index contributed by atoms with van der Waals surface area (Å²) in [5.74, 6) is -0.334. The van der Waals surface area contributed by atoms with Crippen LogP contribution in [0.25, 0.3) is 0 Å². The molecule has 0 radical (unpaired) electrons. The number of nitrogens with zero attached hydrogens (tertiary/aromatic N) is 1. The zero-order chi connectivity index (χ0) is 33.5. The first-order chi connectivity index (χ1) is 22.3. The molecule has 1 fully saturated rings. The van der Waals surface area contributed by atoms with E-state index in [2.05, 4.69) is 53.9 Å². The maximum absolute atomic E-state index is 13.2. The van der Waals surface area contributed by atoms with Crippen LogP contribution in [0, 0.1) is 0 Å². The summed E-state index contributed by atoms with van der Waals surface area (Å²) in [4.78, 5) is 26.8. The molecule has 0 bridgehead atoms. The molecule has 0 saturated carbocycles. The number of hydrogen-bond donors (Lipinski definition) is 3. The number of carbonyl (C=O) groups is 2. The highest BCUT2D eigenvalue weighted by molar-refractivity contribution is 5.94. The van der Waals surface area contributed by atoms with Crippen molar-refractivity contribution in [1.82, 2.24) is 20.9 Å². The Morgan fingerprint density at radius 1 is 1.04 bits per heavy atom. The third-order valence-electron chi connectivity index (χ3n) is 8.52. The Morgan fingerprint density at radius 3 is 2.46 bits per heavy atom. The summed E-state index contributed by atoms with van der Waals surface area (Å²) in [6.07, 6.45) is 20.3. The van der Waals surface area contributed by atoms with Crippen LogP contribution in [0.15, 0.2) is 47.6 Å². The second kappa shape index (κ2) is 23.9. The molecule has 10 nitrogen and oxygen atoms in total. The van der Waals surface area contributed by atoms with Crippen LogP contribution < -0.4 is 16.0 Å². The summed E-state index contributed by atoms with van der Waals surface area (Å²) >= 11 is 0. The van der Waals surface area contributed by atoms with Crippen molar-refractivity contribution in [1.29, 1.82) is 0 Å². The molecule has 3 N–H and O–H groups in total. The molecule has 1 saturated heterocycles. The van der Waals surface area contributed by atoms with Gasteiger partial charge < -0.3 is 39.8 Å². The predicted octanol–water partition coefficient (Wildman–Crippen LogP) is 4.09. The molecule has 0 aromatic carbocycles. The molecule has 1 aliphatic heterocycles. The fourth-order valence-corrected chi connectivity index (χ4v) is 5.79. The van der Waals surface area contributed by atoms with Gasteiger partial charge >= 0.3 is 5.97 Å². The van der Waals surface area contributed by atoms with Crippen molar-refractivity contribution in [2.45, 2.75) is 89.8 Å². The minimum absolute atomic E-state index is 0.00738. The first-order valence-corrected chi connectivity index (χ1v) is 17.4. The first-order valence-electron chi connectivity index (χ1n) is 17.4. The summed E-state index contributed by atoms with van der Waals surface area (Å²) in [6.45, 7) is 12.3. The van der Waals surface area contributed by atoms with Gasteiger partial charge in [-0.1, -0.05) is 56.2 Å². The number of hydrogen-bond acceptors (Lipinski definition) is 9. The van der Waals surface area contributed by atoms with Crippen LogP contribution in [0.1, 0.15) is 72.1 Å². The average molecular weight is 647 g/mol. The van der Waals surface area contributed by atoms with Crippen LogP contribution in [0.4, 0.5) is 0 Å². The molecule has 0 aromatic rings. The molecule has 46 heavy (non-hydrogen) atoms. The van der Waals surface area contributed by atoms with E-state index in [1.54, 1.807) is 6.92 Å². The summed E-state index contributed by atoms with van der Waals surface area (Å²) in [7, 11) is 4.20. The number of carbonyl (C=O) groups excluding carboxylic acids is 2. The van der Waals surface area contributed by atoms with Gasteiger partial charge in [0, 0.05) is 43.0 Å². The Balaban J connectivity index is 1.59. The maximum atomic E-state index is 13.2. The fourth-order valence-electron chi connectivity index (χ4n) is 5.79. The monoisotopic (exact) mass is 646 g/mol. The minimum atomic E-state index is -0.341. The number of likely N-dealkylation sites (tertiary alicyclic amines) is 1. The average Bonchev–Trinajstić information content (AvgIpc) is 3.04. The van der Waals surface area contributed by atoms with Gasteiger partial charge in [-0.15, -0.1) is 0 Å². The van der Waals surface area contributed by atoms with Crippen LogP contribution in [0.3, 0.4) is 0 Å². The summed E-state index contributed by atoms with van der Waals surface area (Å²) in [6, 6.07) is 0.101. The molecular weight excluding hydrogens is 584 g/mol. The molecule has 262 valence electrons. The number of allylic oxidation sites excluding steroid dienone is 4. The Morgan fingerprint density at radius 2 is 1.76 bits per heavy atom. The Bertz CT molecular complexity index is 987. The predicted molar refractivity (Wildman–Crippen MR) is 185 cm³/mol. The molecule has 0 aromatic heterocycles. The second-order valence-corrected chi connectivity index (χ2v) is 12.3. The van der Waals surface area contributed by atoms with E-state index in [9.17, 15) is 9.59 Å². The number of piperidine rings is 1. The molecule has 2 rings (SSSR count). The topological polar surface area (TPSA) is 110 Å². The van der Waals surface area contributed by atoms with E-state index in [1.807, 2.05) is 31.4 Å².